The molecule has 9 nitrogen and oxygen atoms in total. The van der Waals surface area contributed by atoms with Crippen LogP contribution >= 0.6 is 0 Å². The topological polar surface area (TPSA) is 97.5 Å². The van der Waals surface area contributed by atoms with Crippen LogP contribution in [0.5, 0.6) is 0 Å². The Morgan fingerprint density at radius 1 is 1.11 bits per heavy atom. The van der Waals surface area contributed by atoms with Crippen LogP contribution in [0.15, 0.2) is 41.5 Å². The average Bonchev–Trinajstić information content (AvgIpc) is 2.83. The van der Waals surface area contributed by atoms with E-state index in [-0.39, 0.29) is 11.3 Å². The first-order chi connectivity index (χ1) is 16.8. The first-order valence-corrected chi connectivity index (χ1v) is 11.7. The van der Waals surface area contributed by atoms with E-state index in [1.54, 1.807) is 12.3 Å². The molecule has 0 bridgehead atoms. The molecule has 2 saturated heterocycles. The normalized spacial score (nSPS) is 18.4. The van der Waals surface area contributed by atoms with Gasteiger partial charge in [0.2, 0.25) is 0 Å². The zero-order chi connectivity index (χ0) is 24.6. The van der Waals surface area contributed by atoms with Gasteiger partial charge in [-0.2, -0.15) is 0 Å². The summed E-state index contributed by atoms with van der Waals surface area (Å²) in [5.41, 5.74) is 6.80. The molecule has 0 spiro atoms. The Morgan fingerprint density at radius 3 is 2.54 bits per heavy atom. The molecule has 0 aliphatic carbocycles. The van der Waals surface area contributed by atoms with Gasteiger partial charge < -0.3 is 9.88 Å². The number of alkyl halides is 2. The molecule has 2 aliphatic rings. The Hall–Kier alpha value is -3.44. The van der Waals surface area contributed by atoms with E-state index in [1.165, 1.54) is 5.01 Å². The minimum atomic E-state index is -2.74. The maximum Gasteiger partial charge on any atom is 0.284 e. The van der Waals surface area contributed by atoms with Gasteiger partial charge in [0, 0.05) is 44.5 Å². The number of pyridine rings is 3. The van der Waals surface area contributed by atoms with Gasteiger partial charge in [-0.25, -0.2) is 18.8 Å². The zero-order valence-electron chi connectivity index (χ0n) is 19.4. The number of aryl methyl sites for hydroxylation is 1. The van der Waals surface area contributed by atoms with Crippen molar-refractivity contribution in [1.29, 1.82) is 0 Å². The van der Waals surface area contributed by atoms with E-state index in [0.29, 0.717) is 6.42 Å². The largest absolute Gasteiger partial charge is 0.368 e. The fourth-order valence-electron chi connectivity index (χ4n) is 4.44. The van der Waals surface area contributed by atoms with Crippen LogP contribution in [-0.2, 0) is 13.0 Å². The molecule has 3 aromatic heterocycles. The Balaban J connectivity index is 1.15. The van der Waals surface area contributed by atoms with Crippen LogP contribution < -0.4 is 15.9 Å². The number of nitrogens with one attached hydrogen (secondary N) is 2. The molecule has 0 unspecified atom stereocenters. The Kier molecular flexibility index (Phi) is 6.20. The van der Waals surface area contributed by atoms with Gasteiger partial charge in [-0.3, -0.25) is 24.9 Å². The van der Waals surface area contributed by atoms with E-state index in [9.17, 15) is 18.4 Å². The van der Waals surface area contributed by atoms with Crippen molar-refractivity contribution in [1.82, 2.24) is 30.3 Å². The van der Waals surface area contributed by atoms with Gasteiger partial charge in [0.1, 0.15) is 5.69 Å². The van der Waals surface area contributed by atoms with Crippen molar-refractivity contribution in [2.45, 2.75) is 25.8 Å². The lowest BCUT2D eigenvalue weighted by atomic mass is 10.1. The van der Waals surface area contributed by atoms with Gasteiger partial charge in [-0.15, -0.1) is 0 Å². The fraction of sp³-hybridized carbons (Fsp3) is 0.417. The molecule has 0 atom stereocenters. The molecule has 5 rings (SSSR count). The second-order valence-corrected chi connectivity index (χ2v) is 9.07. The maximum atomic E-state index is 12.9. The number of hydrogen-bond donors (Lipinski definition) is 2. The van der Waals surface area contributed by atoms with E-state index < -0.39 is 24.9 Å². The van der Waals surface area contributed by atoms with Crippen molar-refractivity contribution < 1.29 is 13.6 Å². The lowest BCUT2D eigenvalue weighted by Gasteiger charge is -2.38. The van der Waals surface area contributed by atoms with Crippen LogP contribution in [0, 0.1) is 0 Å². The molecule has 5 heterocycles. The summed E-state index contributed by atoms with van der Waals surface area (Å²) in [5, 5.41) is 1.18. The van der Waals surface area contributed by atoms with Crippen LogP contribution in [0.2, 0.25) is 0 Å². The summed E-state index contributed by atoms with van der Waals surface area (Å²) in [6.07, 6.45) is 4.18. The van der Waals surface area contributed by atoms with E-state index in [2.05, 4.69) is 30.2 Å². The number of hydrazine groups is 1. The lowest BCUT2D eigenvalue weighted by molar-refractivity contribution is -0.144. The molecule has 0 aromatic carbocycles. The fourth-order valence-corrected chi connectivity index (χ4v) is 4.44. The number of H-pyrrole nitrogens is 1. The van der Waals surface area contributed by atoms with Crippen LogP contribution in [0.3, 0.4) is 0 Å². The summed E-state index contributed by atoms with van der Waals surface area (Å²) in [7, 11) is 0. The number of piperazine rings is 1. The molecule has 1 amide bonds. The second kappa shape index (κ2) is 9.31. The number of amides is 1. The van der Waals surface area contributed by atoms with Crippen LogP contribution in [0.25, 0.3) is 11.0 Å². The Labute approximate surface area is 200 Å². The number of carbonyl (C=O) groups excluding carboxylic acids is 1. The minimum Gasteiger partial charge on any atom is -0.368 e. The van der Waals surface area contributed by atoms with Gasteiger partial charge in [0.15, 0.2) is 0 Å². The highest BCUT2D eigenvalue weighted by Gasteiger charge is 2.44. The predicted molar refractivity (Wildman–Crippen MR) is 127 cm³/mol. The minimum absolute atomic E-state index is 0.0632. The molecule has 11 heteroatoms. The number of nitrogens with zero attached hydrogens (tertiary/aromatic N) is 5. The summed E-state index contributed by atoms with van der Waals surface area (Å²) in [6.45, 7) is 5.01. The van der Waals surface area contributed by atoms with E-state index in [0.717, 1.165) is 60.6 Å². The highest BCUT2D eigenvalue weighted by molar-refractivity contribution is 5.92. The molecule has 2 aliphatic heterocycles. The number of aromatic amines is 1. The third kappa shape index (κ3) is 5.15. The predicted octanol–water partition coefficient (Wildman–Crippen LogP) is 1.80. The summed E-state index contributed by atoms with van der Waals surface area (Å²) in [5.74, 6) is -3.23. The third-order valence-electron chi connectivity index (χ3n) is 6.44. The first-order valence-electron chi connectivity index (χ1n) is 11.7. The van der Waals surface area contributed by atoms with Crippen LogP contribution in [0.1, 0.15) is 28.5 Å². The number of rotatable bonds is 6. The van der Waals surface area contributed by atoms with Gasteiger partial charge >= 0.3 is 0 Å². The molecule has 3 aromatic rings. The van der Waals surface area contributed by atoms with Gasteiger partial charge in [0.25, 0.3) is 17.4 Å². The molecule has 0 saturated carbocycles. The number of anilines is 1. The highest BCUT2D eigenvalue weighted by Crippen LogP contribution is 2.25. The zero-order valence-corrected chi connectivity index (χ0v) is 19.4. The van der Waals surface area contributed by atoms with Crippen molar-refractivity contribution >= 4 is 22.6 Å². The SMILES string of the molecule is CCc1cc2ncc(CN3CCN(c4ccc(C(=O)NN5CC(F)(F)C5)nc4)CC3)cc2[nH]c1=O. The van der Waals surface area contributed by atoms with Crippen LogP contribution in [0.4, 0.5) is 14.5 Å². The van der Waals surface area contributed by atoms with Gasteiger partial charge in [-0.1, -0.05) is 6.92 Å². The average molecular weight is 484 g/mol. The number of aromatic nitrogens is 3. The van der Waals surface area contributed by atoms with Crippen molar-refractivity contribution in [2.24, 2.45) is 0 Å². The lowest BCUT2D eigenvalue weighted by Crippen LogP contribution is -2.62. The van der Waals surface area contributed by atoms with Gasteiger partial charge in [0.05, 0.1) is 36.0 Å². The summed E-state index contributed by atoms with van der Waals surface area (Å²) >= 11 is 0. The smallest absolute Gasteiger partial charge is 0.284 e. The van der Waals surface area contributed by atoms with Crippen LogP contribution in [-0.4, -0.2) is 76.0 Å². The second-order valence-electron chi connectivity index (χ2n) is 9.07. The number of halogens is 2. The monoisotopic (exact) mass is 483 g/mol. The standard InChI is InChI=1S/C24H27F2N7O2/c1-2-17-10-20-21(29-22(17)34)9-16(11-27-20)13-31-5-7-32(8-6-31)18-3-4-19(28-12-18)23(35)30-33-14-24(25,26)15-33/h3-4,9-12H,2,5-8,13-15H2,1H3,(H,29,34)(H,30,35). The van der Waals surface area contributed by atoms with E-state index >= 15 is 0 Å². The third-order valence-corrected chi connectivity index (χ3v) is 6.44. The molecule has 35 heavy (non-hydrogen) atoms. The van der Waals surface area contributed by atoms with E-state index in [4.69, 9.17) is 0 Å². The van der Waals surface area contributed by atoms with Crippen molar-refractivity contribution in [3.05, 3.63) is 63.8 Å². The molecular weight excluding hydrogens is 456 g/mol. The maximum absolute atomic E-state index is 12.9. The van der Waals surface area contributed by atoms with Crippen molar-refractivity contribution in [2.75, 3.05) is 44.2 Å². The van der Waals surface area contributed by atoms with Crippen molar-refractivity contribution in [3.8, 4) is 0 Å². The number of carbonyl (C=O) groups is 1. The molecule has 0 radical (unpaired) electrons. The van der Waals surface area contributed by atoms with Gasteiger partial charge in [-0.05, 0) is 36.2 Å². The summed E-state index contributed by atoms with van der Waals surface area (Å²) < 4.78 is 25.8. The molecular formula is C24H27F2N7O2. The highest BCUT2D eigenvalue weighted by atomic mass is 19.3. The first kappa shape index (κ1) is 23.3. The molecule has 2 fully saturated rings. The molecule has 2 N–H and O–H groups in total. The number of hydrogen-bond acceptors (Lipinski definition) is 7. The Morgan fingerprint density at radius 2 is 1.89 bits per heavy atom. The van der Waals surface area contributed by atoms with Crippen molar-refractivity contribution in [3.63, 3.8) is 0 Å². The number of fused-ring (bicyclic) bond motifs is 1. The summed E-state index contributed by atoms with van der Waals surface area (Å²) in [4.78, 5) is 40.5. The summed E-state index contributed by atoms with van der Waals surface area (Å²) in [6, 6.07) is 7.28. The van der Waals surface area contributed by atoms with E-state index in [1.807, 2.05) is 31.3 Å². The quantitative estimate of drug-likeness (QED) is 0.552. The Bertz CT molecular complexity index is 1280. The molecule has 184 valence electrons.